The van der Waals surface area contributed by atoms with E-state index in [9.17, 15) is 4.79 Å². The number of nitrogens with zero attached hydrogens (tertiary/aromatic N) is 4. The molecular formula is C36H36N4OS. The third kappa shape index (κ3) is 5.43. The molecule has 1 unspecified atom stereocenters. The van der Waals surface area contributed by atoms with Gasteiger partial charge in [0, 0.05) is 43.0 Å². The van der Waals surface area contributed by atoms with E-state index in [1.165, 1.54) is 27.8 Å². The fourth-order valence-corrected chi connectivity index (χ4v) is 7.74. The lowest BCUT2D eigenvalue weighted by atomic mass is 9.89. The van der Waals surface area contributed by atoms with Gasteiger partial charge in [0.05, 0.1) is 5.39 Å². The number of carbonyl (C=O) groups excluding carboxylic acids is 1. The number of aryl methyl sites for hydroxylation is 3. The zero-order valence-electron chi connectivity index (χ0n) is 24.1. The number of anilines is 1. The van der Waals surface area contributed by atoms with Crippen molar-refractivity contribution in [3.8, 4) is 11.1 Å². The summed E-state index contributed by atoms with van der Waals surface area (Å²) < 4.78 is 0. The molecule has 2 aromatic heterocycles. The van der Waals surface area contributed by atoms with Crippen molar-refractivity contribution in [3.05, 3.63) is 112 Å². The fourth-order valence-electron chi connectivity index (χ4n) is 6.35. The van der Waals surface area contributed by atoms with E-state index in [4.69, 9.17) is 9.97 Å². The Morgan fingerprint density at radius 2 is 1.52 bits per heavy atom. The van der Waals surface area contributed by atoms with Gasteiger partial charge in [-0.25, -0.2) is 9.97 Å². The van der Waals surface area contributed by atoms with E-state index in [-0.39, 0.29) is 5.91 Å². The van der Waals surface area contributed by atoms with Gasteiger partial charge in [0.15, 0.2) is 0 Å². The Bertz CT molecular complexity index is 1690. The Hall–Kier alpha value is -4.03. The minimum absolute atomic E-state index is 0.104. The van der Waals surface area contributed by atoms with Crippen LogP contribution < -0.4 is 4.90 Å². The first kappa shape index (κ1) is 26.8. The van der Waals surface area contributed by atoms with E-state index >= 15 is 0 Å². The summed E-state index contributed by atoms with van der Waals surface area (Å²) in [7, 11) is 0. The highest BCUT2D eigenvalue weighted by atomic mass is 32.1. The second kappa shape index (κ2) is 11.7. The molecule has 212 valence electrons. The van der Waals surface area contributed by atoms with E-state index in [0.717, 1.165) is 77.9 Å². The molecule has 6 heteroatoms. The maximum absolute atomic E-state index is 13.4. The first-order valence-corrected chi connectivity index (χ1v) is 16.0. The lowest BCUT2D eigenvalue weighted by Gasteiger charge is -2.36. The molecule has 0 radical (unpaired) electrons. The topological polar surface area (TPSA) is 49.3 Å². The molecule has 0 bridgehead atoms. The molecule has 1 fully saturated rings. The predicted molar refractivity (Wildman–Crippen MR) is 172 cm³/mol. The van der Waals surface area contributed by atoms with Crippen LogP contribution in [0.5, 0.6) is 0 Å². The standard InChI is InChI=1S/C36H36N4OS/c1-25-12-18-30-31(24-25)42-35-33(30)34(37-32(38-35)19-13-26-8-4-2-5-9-26)39-20-22-40(23-21-39)36(41)29-16-14-28(15-17-29)27-10-6-3-7-11-27/h2-11,14-17,25H,12-13,18-24H2,1H3. The van der Waals surface area contributed by atoms with Crippen LogP contribution in [0.25, 0.3) is 21.3 Å². The molecule has 5 nitrogen and oxygen atoms in total. The Morgan fingerprint density at radius 3 is 2.26 bits per heavy atom. The maximum Gasteiger partial charge on any atom is 0.253 e. The number of aromatic nitrogens is 2. The van der Waals surface area contributed by atoms with Gasteiger partial charge >= 0.3 is 0 Å². The fraction of sp³-hybridized carbons (Fsp3) is 0.306. The van der Waals surface area contributed by atoms with Crippen LogP contribution in [-0.2, 0) is 25.7 Å². The number of thiophene rings is 1. The predicted octanol–water partition coefficient (Wildman–Crippen LogP) is 7.23. The summed E-state index contributed by atoms with van der Waals surface area (Å²) in [5.41, 5.74) is 5.81. The quantitative estimate of drug-likeness (QED) is 0.215. The van der Waals surface area contributed by atoms with Crippen molar-refractivity contribution >= 4 is 33.3 Å². The smallest absolute Gasteiger partial charge is 0.253 e. The summed E-state index contributed by atoms with van der Waals surface area (Å²) in [6.07, 6.45) is 5.22. The van der Waals surface area contributed by atoms with E-state index in [0.29, 0.717) is 13.1 Å². The Balaban J connectivity index is 1.11. The summed E-state index contributed by atoms with van der Waals surface area (Å²) in [4.78, 5) is 30.8. The van der Waals surface area contributed by atoms with Gasteiger partial charge in [-0.15, -0.1) is 11.3 Å². The molecule has 1 aliphatic carbocycles. The summed E-state index contributed by atoms with van der Waals surface area (Å²) in [6.45, 7) is 5.29. The van der Waals surface area contributed by atoms with Crippen molar-refractivity contribution in [2.75, 3.05) is 31.1 Å². The van der Waals surface area contributed by atoms with Crippen molar-refractivity contribution in [2.45, 2.75) is 39.0 Å². The van der Waals surface area contributed by atoms with Crippen LogP contribution in [0.15, 0.2) is 84.9 Å². The molecule has 1 saturated heterocycles. The molecule has 1 amide bonds. The average molecular weight is 573 g/mol. The van der Waals surface area contributed by atoms with Crippen LogP contribution in [0, 0.1) is 5.92 Å². The van der Waals surface area contributed by atoms with Gasteiger partial charge < -0.3 is 9.80 Å². The molecule has 1 aliphatic heterocycles. The molecule has 7 rings (SSSR count). The highest BCUT2D eigenvalue weighted by Crippen LogP contribution is 2.41. The molecule has 3 aromatic carbocycles. The molecular weight excluding hydrogens is 536 g/mol. The van der Waals surface area contributed by atoms with Gasteiger partial charge in [0.1, 0.15) is 16.5 Å². The molecule has 0 N–H and O–H groups in total. The van der Waals surface area contributed by atoms with Gasteiger partial charge in [-0.2, -0.15) is 0 Å². The maximum atomic E-state index is 13.4. The minimum atomic E-state index is 0.104. The van der Waals surface area contributed by atoms with Gasteiger partial charge in [-0.05, 0) is 66.0 Å². The second-order valence-electron chi connectivity index (χ2n) is 11.7. The lowest BCUT2D eigenvalue weighted by molar-refractivity contribution is 0.0746. The highest BCUT2D eigenvalue weighted by Gasteiger charge is 2.29. The summed E-state index contributed by atoms with van der Waals surface area (Å²) in [5, 5.41) is 1.27. The largest absolute Gasteiger partial charge is 0.352 e. The van der Waals surface area contributed by atoms with E-state index < -0.39 is 0 Å². The third-order valence-electron chi connectivity index (χ3n) is 8.77. The normalized spacial score (nSPS) is 16.9. The van der Waals surface area contributed by atoms with Crippen LogP contribution in [0.1, 0.15) is 45.5 Å². The molecule has 1 atom stereocenters. The van der Waals surface area contributed by atoms with Crippen molar-refractivity contribution in [3.63, 3.8) is 0 Å². The van der Waals surface area contributed by atoms with Crippen LogP contribution in [-0.4, -0.2) is 47.0 Å². The molecule has 0 saturated carbocycles. The highest BCUT2D eigenvalue weighted by molar-refractivity contribution is 7.19. The number of benzene rings is 3. The number of amides is 1. The Morgan fingerprint density at radius 1 is 0.833 bits per heavy atom. The first-order chi connectivity index (χ1) is 20.6. The zero-order chi connectivity index (χ0) is 28.5. The number of hydrogen-bond donors (Lipinski definition) is 0. The van der Waals surface area contributed by atoms with Gasteiger partial charge in [0.2, 0.25) is 0 Å². The SMILES string of the molecule is CC1CCc2c(sc3nc(CCc4ccccc4)nc(N4CCN(C(=O)c5ccc(-c6ccccc6)cc5)CC4)c23)C1. The Labute approximate surface area is 251 Å². The number of hydrogen-bond acceptors (Lipinski definition) is 5. The first-order valence-electron chi connectivity index (χ1n) is 15.2. The van der Waals surface area contributed by atoms with Crippen molar-refractivity contribution in [1.29, 1.82) is 0 Å². The van der Waals surface area contributed by atoms with Crippen LogP contribution in [0.2, 0.25) is 0 Å². The van der Waals surface area contributed by atoms with Crippen molar-refractivity contribution in [2.24, 2.45) is 5.92 Å². The lowest BCUT2D eigenvalue weighted by Crippen LogP contribution is -2.49. The molecule has 42 heavy (non-hydrogen) atoms. The van der Waals surface area contributed by atoms with E-state index in [1.54, 1.807) is 0 Å². The summed E-state index contributed by atoms with van der Waals surface area (Å²) in [5.74, 6) is 2.82. The third-order valence-corrected chi connectivity index (χ3v) is 9.92. The van der Waals surface area contributed by atoms with Gasteiger partial charge in [-0.1, -0.05) is 79.7 Å². The average Bonchev–Trinajstić information content (AvgIpc) is 3.41. The van der Waals surface area contributed by atoms with Crippen molar-refractivity contribution in [1.82, 2.24) is 14.9 Å². The molecule has 0 spiro atoms. The number of piperazine rings is 1. The number of fused-ring (bicyclic) bond motifs is 3. The molecule has 2 aliphatic rings. The number of rotatable bonds is 6. The molecule has 5 aromatic rings. The van der Waals surface area contributed by atoms with E-state index in [2.05, 4.69) is 54.3 Å². The minimum Gasteiger partial charge on any atom is -0.352 e. The number of carbonyl (C=O) groups is 1. The van der Waals surface area contributed by atoms with Gasteiger partial charge in [0.25, 0.3) is 5.91 Å². The zero-order valence-corrected chi connectivity index (χ0v) is 24.9. The monoisotopic (exact) mass is 572 g/mol. The van der Waals surface area contributed by atoms with Crippen LogP contribution in [0.4, 0.5) is 5.82 Å². The molecule has 3 heterocycles. The second-order valence-corrected chi connectivity index (χ2v) is 12.8. The summed E-state index contributed by atoms with van der Waals surface area (Å²) >= 11 is 1.88. The Kier molecular flexibility index (Phi) is 7.47. The van der Waals surface area contributed by atoms with Crippen LogP contribution in [0.3, 0.4) is 0 Å². The van der Waals surface area contributed by atoms with Crippen molar-refractivity contribution < 1.29 is 4.79 Å². The summed E-state index contributed by atoms with van der Waals surface area (Å²) in [6, 6.07) is 28.9. The van der Waals surface area contributed by atoms with Crippen LogP contribution >= 0.6 is 11.3 Å². The van der Waals surface area contributed by atoms with E-state index in [1.807, 2.05) is 58.7 Å². The van der Waals surface area contributed by atoms with Gasteiger partial charge in [-0.3, -0.25) is 4.79 Å².